The number of morpholine rings is 1. The molecule has 3 nitrogen and oxygen atoms in total. The van der Waals surface area contributed by atoms with Gasteiger partial charge in [-0.05, 0) is 6.92 Å². The minimum Gasteiger partial charge on any atom is -0.379 e. The third kappa shape index (κ3) is 4.23. The predicted molar refractivity (Wildman–Crippen MR) is 60.3 cm³/mol. The first kappa shape index (κ1) is 17.5. The van der Waals surface area contributed by atoms with Crippen LogP contribution in [0.2, 0.25) is 0 Å². The van der Waals surface area contributed by atoms with E-state index in [1.165, 1.54) is 0 Å². The van der Waals surface area contributed by atoms with Gasteiger partial charge in [-0.2, -0.15) is 26.3 Å². The lowest BCUT2D eigenvalue weighted by atomic mass is 9.89. The largest absolute Gasteiger partial charge is 0.404 e. The van der Waals surface area contributed by atoms with Gasteiger partial charge in [-0.3, -0.25) is 4.90 Å². The van der Waals surface area contributed by atoms with Crippen molar-refractivity contribution in [3.05, 3.63) is 0 Å². The summed E-state index contributed by atoms with van der Waals surface area (Å²) in [5.74, 6) is 0. The summed E-state index contributed by atoms with van der Waals surface area (Å²) in [4.78, 5) is 1.93. The van der Waals surface area contributed by atoms with Crippen LogP contribution >= 0.6 is 0 Å². The summed E-state index contributed by atoms with van der Waals surface area (Å²) < 4.78 is 80.7. The number of halogens is 6. The summed E-state index contributed by atoms with van der Waals surface area (Å²) in [6.07, 6.45) is -10.7. The molecule has 0 aliphatic carbocycles. The first-order chi connectivity index (χ1) is 9.08. The maximum Gasteiger partial charge on any atom is 0.404 e. The Labute approximate surface area is 113 Å². The maximum atomic E-state index is 12.6. The smallest absolute Gasteiger partial charge is 0.379 e. The Morgan fingerprint density at radius 1 is 1.00 bits per heavy atom. The second-order valence-electron chi connectivity index (χ2n) is 4.96. The van der Waals surface area contributed by atoms with E-state index < -0.39 is 24.3 Å². The van der Waals surface area contributed by atoms with Crippen LogP contribution in [-0.2, 0) is 4.74 Å². The fraction of sp³-hybridized carbons (Fsp3) is 1.00. The fourth-order valence-corrected chi connectivity index (χ4v) is 1.76. The van der Waals surface area contributed by atoms with Crippen LogP contribution in [0, 0.1) is 5.41 Å². The number of hydrogen-bond donors (Lipinski definition) is 1. The van der Waals surface area contributed by atoms with Crippen LogP contribution < -0.4 is 5.32 Å². The Hall–Kier alpha value is -0.540. The van der Waals surface area contributed by atoms with Crippen molar-refractivity contribution in [2.75, 3.05) is 45.9 Å². The molecule has 1 saturated heterocycles. The highest BCUT2D eigenvalue weighted by Gasteiger charge is 2.67. The van der Waals surface area contributed by atoms with E-state index in [9.17, 15) is 26.3 Å². The molecule has 1 heterocycles. The lowest BCUT2D eigenvalue weighted by Crippen LogP contribution is -2.54. The zero-order valence-corrected chi connectivity index (χ0v) is 11.1. The van der Waals surface area contributed by atoms with E-state index in [1.54, 1.807) is 0 Å². The van der Waals surface area contributed by atoms with Crippen LogP contribution in [0.15, 0.2) is 0 Å². The minimum atomic E-state index is -5.34. The zero-order valence-electron chi connectivity index (χ0n) is 11.1. The summed E-state index contributed by atoms with van der Waals surface area (Å²) in [7, 11) is 0. The molecule has 1 fully saturated rings. The van der Waals surface area contributed by atoms with Crippen molar-refractivity contribution in [1.29, 1.82) is 0 Å². The number of nitrogens with one attached hydrogen (secondary N) is 1. The fourth-order valence-electron chi connectivity index (χ4n) is 1.76. The average Bonchev–Trinajstić information content (AvgIpc) is 2.33. The van der Waals surface area contributed by atoms with Gasteiger partial charge in [0.05, 0.1) is 13.2 Å². The third-order valence-corrected chi connectivity index (χ3v) is 3.44. The summed E-state index contributed by atoms with van der Waals surface area (Å²) in [5, 5.41) is 2.26. The Morgan fingerprint density at radius 2 is 1.50 bits per heavy atom. The molecule has 0 aromatic heterocycles. The normalized spacial score (nSPS) is 19.4. The van der Waals surface area contributed by atoms with Gasteiger partial charge in [0.1, 0.15) is 0 Å². The highest BCUT2D eigenvalue weighted by Crippen LogP contribution is 2.49. The van der Waals surface area contributed by atoms with Crippen LogP contribution in [-0.4, -0.2) is 63.2 Å². The van der Waals surface area contributed by atoms with Crippen molar-refractivity contribution >= 4 is 0 Å². The second-order valence-corrected chi connectivity index (χ2v) is 4.96. The first-order valence-corrected chi connectivity index (χ1v) is 6.22. The first-order valence-electron chi connectivity index (χ1n) is 6.22. The summed E-state index contributed by atoms with van der Waals surface area (Å²) in [6, 6.07) is 0. The van der Waals surface area contributed by atoms with Crippen LogP contribution in [0.5, 0.6) is 0 Å². The molecule has 0 aromatic rings. The molecule has 1 aliphatic heterocycles. The second kappa shape index (κ2) is 6.48. The molecular weight excluding hydrogens is 290 g/mol. The Bertz CT molecular complexity index is 284. The lowest BCUT2D eigenvalue weighted by Gasteiger charge is -2.34. The topological polar surface area (TPSA) is 24.5 Å². The van der Waals surface area contributed by atoms with Gasteiger partial charge in [0, 0.05) is 32.7 Å². The maximum absolute atomic E-state index is 12.6. The standard InChI is InChI=1S/C11H18F6N2O/c1-9(10(12,13)14,11(15,16)17)8-18-2-3-19-4-6-20-7-5-19/h18H,2-8H2,1H3. The predicted octanol–water partition coefficient (Wildman–Crippen LogP) is 2.04. The molecule has 1 aliphatic rings. The van der Waals surface area contributed by atoms with E-state index in [2.05, 4.69) is 5.32 Å². The molecule has 20 heavy (non-hydrogen) atoms. The van der Waals surface area contributed by atoms with Crippen molar-refractivity contribution < 1.29 is 31.1 Å². The molecule has 0 radical (unpaired) electrons. The number of rotatable bonds is 5. The highest BCUT2D eigenvalue weighted by atomic mass is 19.4. The Kier molecular flexibility index (Phi) is 5.68. The van der Waals surface area contributed by atoms with E-state index in [-0.39, 0.29) is 13.5 Å². The van der Waals surface area contributed by atoms with E-state index in [0.29, 0.717) is 32.8 Å². The van der Waals surface area contributed by atoms with Gasteiger partial charge >= 0.3 is 12.4 Å². The Morgan fingerprint density at radius 3 is 1.95 bits per heavy atom. The zero-order chi connectivity index (χ0) is 15.4. The van der Waals surface area contributed by atoms with Gasteiger partial charge in [-0.25, -0.2) is 0 Å². The molecule has 0 aromatic carbocycles. The van der Waals surface area contributed by atoms with Gasteiger partial charge in [-0.15, -0.1) is 0 Å². The molecular formula is C11H18F6N2O. The van der Waals surface area contributed by atoms with E-state index in [1.807, 2.05) is 4.90 Å². The molecule has 0 amide bonds. The number of nitrogens with zero attached hydrogens (tertiary/aromatic N) is 1. The molecule has 120 valence electrons. The molecule has 9 heteroatoms. The number of ether oxygens (including phenoxy) is 1. The SMILES string of the molecule is CC(CNCCN1CCOCC1)(C(F)(F)F)C(F)(F)F. The Balaban J connectivity index is 2.43. The van der Waals surface area contributed by atoms with E-state index in [0.717, 1.165) is 0 Å². The minimum absolute atomic E-state index is 0.0712. The molecule has 1 rings (SSSR count). The van der Waals surface area contributed by atoms with E-state index >= 15 is 0 Å². The van der Waals surface area contributed by atoms with Crippen molar-refractivity contribution in [1.82, 2.24) is 10.2 Å². The van der Waals surface area contributed by atoms with Gasteiger partial charge in [0.15, 0.2) is 5.41 Å². The lowest BCUT2D eigenvalue weighted by molar-refractivity contribution is -0.332. The van der Waals surface area contributed by atoms with Crippen LogP contribution in [0.4, 0.5) is 26.3 Å². The summed E-state index contributed by atoms with van der Waals surface area (Å²) >= 11 is 0. The van der Waals surface area contributed by atoms with Crippen LogP contribution in [0.25, 0.3) is 0 Å². The molecule has 1 N–H and O–H groups in total. The van der Waals surface area contributed by atoms with Gasteiger partial charge in [-0.1, -0.05) is 0 Å². The quantitative estimate of drug-likeness (QED) is 0.621. The van der Waals surface area contributed by atoms with Gasteiger partial charge in [0.25, 0.3) is 0 Å². The summed E-state index contributed by atoms with van der Waals surface area (Å²) in [6.45, 7) is 1.80. The van der Waals surface area contributed by atoms with E-state index in [4.69, 9.17) is 4.74 Å². The number of hydrogen-bond acceptors (Lipinski definition) is 3. The third-order valence-electron chi connectivity index (χ3n) is 3.44. The molecule has 0 spiro atoms. The molecule has 0 bridgehead atoms. The average molecular weight is 308 g/mol. The summed E-state index contributed by atoms with van der Waals surface area (Å²) in [5.41, 5.74) is -3.73. The molecule has 0 unspecified atom stereocenters. The molecule has 0 saturated carbocycles. The number of alkyl halides is 6. The monoisotopic (exact) mass is 308 g/mol. The van der Waals surface area contributed by atoms with Crippen molar-refractivity contribution in [2.45, 2.75) is 19.3 Å². The van der Waals surface area contributed by atoms with Crippen LogP contribution in [0.1, 0.15) is 6.92 Å². The van der Waals surface area contributed by atoms with Crippen molar-refractivity contribution in [3.63, 3.8) is 0 Å². The van der Waals surface area contributed by atoms with Gasteiger partial charge in [0.2, 0.25) is 0 Å². The van der Waals surface area contributed by atoms with Gasteiger partial charge < -0.3 is 10.1 Å². The molecule has 0 atom stereocenters. The van der Waals surface area contributed by atoms with Crippen molar-refractivity contribution in [2.24, 2.45) is 5.41 Å². The van der Waals surface area contributed by atoms with Crippen molar-refractivity contribution in [3.8, 4) is 0 Å². The van der Waals surface area contributed by atoms with Crippen LogP contribution in [0.3, 0.4) is 0 Å². The highest BCUT2D eigenvalue weighted by molar-refractivity contribution is 4.91.